The number of halogens is 2. The number of aromatic nitrogens is 2. The molecule has 1 aliphatic heterocycles. The van der Waals surface area contributed by atoms with Crippen LogP contribution in [-0.4, -0.2) is 46.6 Å². The zero-order valence-corrected chi connectivity index (χ0v) is 19.3. The number of hydrogen-bond donors (Lipinski definition) is 3. The van der Waals surface area contributed by atoms with E-state index in [9.17, 15) is 9.50 Å². The van der Waals surface area contributed by atoms with Crippen LogP contribution in [0.5, 0.6) is 0 Å². The molecule has 2 heterocycles. The van der Waals surface area contributed by atoms with Crippen molar-refractivity contribution in [2.75, 3.05) is 24.5 Å². The topological polar surface area (TPSA) is 77.7 Å². The fraction of sp³-hybridized carbons (Fsp3) is 0.500. The first kappa shape index (κ1) is 23.4. The van der Waals surface area contributed by atoms with E-state index in [1.807, 2.05) is 41.8 Å². The molecule has 3 N–H and O–H groups in total. The number of nitrogens with zero attached hydrogens (tertiary/aromatic N) is 4. The molecule has 7 nitrogen and oxygen atoms in total. The Balaban J connectivity index is 0.00000300. The van der Waals surface area contributed by atoms with Gasteiger partial charge in [-0.2, -0.15) is 5.10 Å². The van der Waals surface area contributed by atoms with Crippen molar-refractivity contribution in [2.45, 2.75) is 39.0 Å². The number of nitrogens with one attached hydrogen (secondary N) is 2. The largest absolute Gasteiger partial charge is 0.393 e. The first-order chi connectivity index (χ1) is 13.6. The van der Waals surface area contributed by atoms with Gasteiger partial charge in [-0.1, -0.05) is 6.07 Å². The van der Waals surface area contributed by atoms with Gasteiger partial charge in [0.15, 0.2) is 5.96 Å². The van der Waals surface area contributed by atoms with Gasteiger partial charge in [-0.25, -0.2) is 9.38 Å². The minimum absolute atomic E-state index is 0. The lowest BCUT2D eigenvalue weighted by molar-refractivity contribution is 0.145. The average molecular weight is 516 g/mol. The lowest BCUT2D eigenvalue weighted by Gasteiger charge is -2.31. The number of anilines is 1. The molecule has 0 unspecified atom stereocenters. The van der Waals surface area contributed by atoms with Gasteiger partial charge in [0.25, 0.3) is 0 Å². The molecule has 1 aliphatic rings. The van der Waals surface area contributed by atoms with E-state index in [1.54, 1.807) is 12.3 Å². The van der Waals surface area contributed by atoms with E-state index >= 15 is 0 Å². The number of aliphatic imine (C=N–C) groups is 1. The van der Waals surface area contributed by atoms with Crippen LogP contribution in [0.15, 0.2) is 35.5 Å². The second kappa shape index (κ2) is 11.3. The summed E-state index contributed by atoms with van der Waals surface area (Å²) in [4.78, 5) is 6.55. The SMILES string of the molecule is CCNC(=NCc1ccc(N2CCC(O)CC2)c(F)c1)NCc1ccnn1C.I. The van der Waals surface area contributed by atoms with Crippen LogP contribution < -0.4 is 15.5 Å². The molecule has 0 amide bonds. The fourth-order valence-electron chi connectivity index (χ4n) is 3.27. The predicted molar refractivity (Wildman–Crippen MR) is 124 cm³/mol. The second-order valence-corrected chi connectivity index (χ2v) is 7.00. The van der Waals surface area contributed by atoms with Gasteiger partial charge < -0.3 is 20.6 Å². The van der Waals surface area contributed by atoms with Gasteiger partial charge in [0.2, 0.25) is 0 Å². The normalized spacial score (nSPS) is 15.2. The summed E-state index contributed by atoms with van der Waals surface area (Å²) in [6.45, 7) is 5.10. The van der Waals surface area contributed by atoms with E-state index in [0.717, 1.165) is 17.8 Å². The van der Waals surface area contributed by atoms with Crippen LogP contribution in [0.25, 0.3) is 0 Å². The smallest absolute Gasteiger partial charge is 0.191 e. The first-order valence-electron chi connectivity index (χ1n) is 9.77. The van der Waals surface area contributed by atoms with Gasteiger partial charge in [-0.15, -0.1) is 24.0 Å². The highest BCUT2D eigenvalue weighted by Gasteiger charge is 2.19. The van der Waals surface area contributed by atoms with Gasteiger partial charge >= 0.3 is 0 Å². The van der Waals surface area contributed by atoms with Gasteiger partial charge in [0.1, 0.15) is 5.82 Å². The van der Waals surface area contributed by atoms with Crippen molar-refractivity contribution in [3.05, 3.63) is 47.5 Å². The zero-order chi connectivity index (χ0) is 19.9. The van der Waals surface area contributed by atoms with Gasteiger partial charge in [-0.05, 0) is 43.5 Å². The summed E-state index contributed by atoms with van der Waals surface area (Å²) in [7, 11) is 1.90. The number of rotatable bonds is 6. The number of piperidine rings is 1. The van der Waals surface area contributed by atoms with E-state index in [2.05, 4.69) is 20.7 Å². The summed E-state index contributed by atoms with van der Waals surface area (Å²) < 4.78 is 16.4. The molecular formula is C20H30FIN6O. The quantitative estimate of drug-likeness (QED) is 0.313. The molecular weight excluding hydrogens is 486 g/mol. The Morgan fingerprint density at radius 2 is 2.03 bits per heavy atom. The molecule has 29 heavy (non-hydrogen) atoms. The lowest BCUT2D eigenvalue weighted by atomic mass is 10.1. The van der Waals surface area contributed by atoms with Crippen LogP contribution in [0.2, 0.25) is 0 Å². The Morgan fingerprint density at radius 1 is 1.28 bits per heavy atom. The van der Waals surface area contributed by atoms with E-state index in [4.69, 9.17) is 0 Å². The van der Waals surface area contributed by atoms with Gasteiger partial charge in [0.05, 0.1) is 30.6 Å². The Hall–Kier alpha value is -1.88. The molecule has 160 valence electrons. The summed E-state index contributed by atoms with van der Waals surface area (Å²) >= 11 is 0. The van der Waals surface area contributed by atoms with E-state index in [-0.39, 0.29) is 35.9 Å². The molecule has 1 fully saturated rings. The van der Waals surface area contributed by atoms with Crippen molar-refractivity contribution in [1.29, 1.82) is 0 Å². The summed E-state index contributed by atoms with van der Waals surface area (Å²) in [5, 5.41) is 20.2. The molecule has 0 spiro atoms. The molecule has 0 radical (unpaired) electrons. The number of benzene rings is 1. The Kier molecular flexibility index (Phi) is 9.15. The van der Waals surface area contributed by atoms with Crippen molar-refractivity contribution in [1.82, 2.24) is 20.4 Å². The molecule has 0 bridgehead atoms. The molecule has 1 aromatic heterocycles. The predicted octanol–water partition coefficient (Wildman–Crippen LogP) is 2.39. The van der Waals surface area contributed by atoms with Crippen LogP contribution in [0.1, 0.15) is 31.0 Å². The maximum Gasteiger partial charge on any atom is 0.191 e. The second-order valence-electron chi connectivity index (χ2n) is 7.00. The van der Waals surface area contributed by atoms with Crippen molar-refractivity contribution in [3.63, 3.8) is 0 Å². The third-order valence-corrected chi connectivity index (χ3v) is 4.94. The Morgan fingerprint density at radius 3 is 2.66 bits per heavy atom. The molecule has 0 atom stereocenters. The molecule has 0 aliphatic carbocycles. The minimum atomic E-state index is -0.267. The van der Waals surface area contributed by atoms with Crippen LogP contribution in [0.4, 0.5) is 10.1 Å². The van der Waals surface area contributed by atoms with Crippen molar-refractivity contribution >= 4 is 35.6 Å². The Bertz CT molecular complexity index is 804. The van der Waals surface area contributed by atoms with Crippen LogP contribution in [-0.2, 0) is 20.1 Å². The fourth-order valence-corrected chi connectivity index (χ4v) is 3.27. The highest BCUT2D eigenvalue weighted by molar-refractivity contribution is 14.0. The number of guanidine groups is 1. The van der Waals surface area contributed by atoms with E-state index in [0.29, 0.717) is 50.7 Å². The van der Waals surface area contributed by atoms with Crippen LogP contribution in [0.3, 0.4) is 0 Å². The number of hydrogen-bond acceptors (Lipinski definition) is 4. The number of aliphatic hydroxyl groups is 1. The summed E-state index contributed by atoms with van der Waals surface area (Å²) in [6, 6.07) is 7.23. The molecule has 1 aromatic carbocycles. The van der Waals surface area contributed by atoms with E-state index < -0.39 is 0 Å². The summed E-state index contributed by atoms with van der Waals surface area (Å²) in [5.41, 5.74) is 2.46. The lowest BCUT2D eigenvalue weighted by Crippen LogP contribution is -2.37. The van der Waals surface area contributed by atoms with E-state index in [1.165, 1.54) is 0 Å². The van der Waals surface area contributed by atoms with Crippen molar-refractivity contribution in [2.24, 2.45) is 12.0 Å². The Labute approximate surface area is 188 Å². The maximum absolute atomic E-state index is 14.6. The van der Waals surface area contributed by atoms with Crippen molar-refractivity contribution in [3.8, 4) is 0 Å². The number of aryl methyl sites for hydroxylation is 1. The third-order valence-electron chi connectivity index (χ3n) is 4.94. The molecule has 9 heteroatoms. The molecule has 1 saturated heterocycles. The minimum Gasteiger partial charge on any atom is -0.393 e. The zero-order valence-electron chi connectivity index (χ0n) is 16.9. The molecule has 3 rings (SSSR count). The van der Waals surface area contributed by atoms with Gasteiger partial charge in [-0.3, -0.25) is 4.68 Å². The highest BCUT2D eigenvalue weighted by atomic mass is 127. The standard InChI is InChI=1S/C20H29FN6O.HI/c1-3-22-20(24-14-16-6-9-25-26(16)2)23-13-15-4-5-19(18(21)12-15)27-10-7-17(28)8-11-27;/h4-6,9,12,17,28H,3,7-8,10-11,13-14H2,1-2H3,(H2,22,23,24);1H. The van der Waals surface area contributed by atoms with Gasteiger partial charge in [0, 0.05) is 32.9 Å². The third kappa shape index (κ3) is 6.56. The first-order valence-corrected chi connectivity index (χ1v) is 9.77. The van der Waals surface area contributed by atoms with Crippen LogP contribution in [0, 0.1) is 5.82 Å². The summed E-state index contributed by atoms with van der Waals surface area (Å²) in [6.07, 6.45) is 2.85. The monoisotopic (exact) mass is 516 g/mol. The van der Waals surface area contributed by atoms with Crippen LogP contribution >= 0.6 is 24.0 Å². The van der Waals surface area contributed by atoms with Crippen molar-refractivity contribution < 1.29 is 9.50 Å². The summed E-state index contributed by atoms with van der Waals surface area (Å²) in [5.74, 6) is 0.440. The average Bonchev–Trinajstić information content (AvgIpc) is 3.10. The maximum atomic E-state index is 14.6. The highest BCUT2D eigenvalue weighted by Crippen LogP contribution is 2.24. The number of aliphatic hydroxyl groups excluding tert-OH is 1. The molecule has 0 saturated carbocycles. The molecule has 2 aromatic rings.